The van der Waals surface area contributed by atoms with Gasteiger partial charge in [-0.3, -0.25) is 4.79 Å². The smallest absolute Gasteiger partial charge is 0.248 e. The molecule has 0 aliphatic rings. The van der Waals surface area contributed by atoms with Crippen LogP contribution in [-0.4, -0.2) is 18.0 Å². The monoisotopic (exact) mass is 263 g/mol. The molecule has 1 heterocycles. The summed E-state index contributed by atoms with van der Waals surface area (Å²) in [5, 5.41) is 6.05. The van der Waals surface area contributed by atoms with Crippen LogP contribution in [0.3, 0.4) is 0 Å². The molecule has 0 saturated heterocycles. The number of aromatic nitrogens is 1. The predicted octanol–water partition coefficient (Wildman–Crippen LogP) is 1.86. The van der Waals surface area contributed by atoms with Crippen LogP contribution in [0.4, 0.5) is 5.69 Å². The Labute approximate surface area is 109 Å². The summed E-state index contributed by atoms with van der Waals surface area (Å²) in [6.45, 7) is 0.580. The molecule has 1 aromatic heterocycles. The maximum Gasteiger partial charge on any atom is 0.248 e. The quantitative estimate of drug-likeness (QED) is 0.863. The average Bonchev–Trinajstić information content (AvgIpc) is 2.89. The van der Waals surface area contributed by atoms with Crippen LogP contribution in [0.2, 0.25) is 0 Å². The minimum atomic E-state index is -0.463. The Hall–Kier alpha value is -2.08. The summed E-state index contributed by atoms with van der Waals surface area (Å²) in [6.07, 6.45) is 1.75. The number of ether oxygens (including phenoxy) is 1. The summed E-state index contributed by atoms with van der Waals surface area (Å²) >= 11 is 1.56. The molecule has 3 N–H and O–H groups in total. The number of methoxy groups -OCH3 is 1. The summed E-state index contributed by atoms with van der Waals surface area (Å²) in [5.41, 5.74) is 6.42. The van der Waals surface area contributed by atoms with Crippen molar-refractivity contribution in [3.63, 3.8) is 0 Å². The Morgan fingerprint density at radius 2 is 2.39 bits per heavy atom. The van der Waals surface area contributed by atoms with Crippen LogP contribution in [0.5, 0.6) is 5.75 Å². The Bertz CT molecular complexity index is 540. The number of amides is 1. The van der Waals surface area contributed by atoms with Crippen LogP contribution in [0, 0.1) is 0 Å². The molecule has 94 valence electrons. The Morgan fingerprint density at radius 3 is 3.00 bits per heavy atom. The van der Waals surface area contributed by atoms with Crippen LogP contribution in [0.15, 0.2) is 29.8 Å². The van der Waals surface area contributed by atoms with E-state index in [2.05, 4.69) is 10.3 Å². The van der Waals surface area contributed by atoms with E-state index in [9.17, 15) is 4.79 Å². The first-order chi connectivity index (χ1) is 8.70. The van der Waals surface area contributed by atoms with E-state index in [0.717, 1.165) is 10.7 Å². The first-order valence-corrected chi connectivity index (χ1v) is 6.18. The van der Waals surface area contributed by atoms with E-state index in [1.165, 1.54) is 0 Å². The zero-order valence-corrected chi connectivity index (χ0v) is 10.7. The number of primary amides is 1. The van der Waals surface area contributed by atoms with E-state index < -0.39 is 5.91 Å². The van der Waals surface area contributed by atoms with Crippen molar-refractivity contribution in [2.45, 2.75) is 6.54 Å². The van der Waals surface area contributed by atoms with Gasteiger partial charge < -0.3 is 15.8 Å². The topological polar surface area (TPSA) is 77.2 Å². The molecule has 6 heteroatoms. The normalized spacial score (nSPS) is 10.1. The van der Waals surface area contributed by atoms with Crippen molar-refractivity contribution in [3.8, 4) is 5.75 Å². The van der Waals surface area contributed by atoms with Gasteiger partial charge in [0.15, 0.2) is 0 Å². The van der Waals surface area contributed by atoms with Crippen molar-refractivity contribution in [2.75, 3.05) is 12.4 Å². The molecule has 0 fully saturated rings. The molecule has 0 atom stereocenters. The third kappa shape index (κ3) is 2.78. The van der Waals surface area contributed by atoms with Gasteiger partial charge >= 0.3 is 0 Å². The predicted molar refractivity (Wildman–Crippen MR) is 71.0 cm³/mol. The second kappa shape index (κ2) is 5.50. The lowest BCUT2D eigenvalue weighted by Gasteiger charge is -2.11. The van der Waals surface area contributed by atoms with Gasteiger partial charge in [0.1, 0.15) is 10.8 Å². The Kier molecular flexibility index (Phi) is 3.78. The maximum atomic E-state index is 11.1. The number of carbonyl (C=O) groups is 1. The largest absolute Gasteiger partial charge is 0.495 e. The fraction of sp³-hybridized carbons (Fsp3) is 0.167. The molecule has 18 heavy (non-hydrogen) atoms. The molecule has 0 unspecified atom stereocenters. The summed E-state index contributed by atoms with van der Waals surface area (Å²) < 4.78 is 5.22. The summed E-state index contributed by atoms with van der Waals surface area (Å²) in [5.74, 6) is 0.200. The molecule has 5 nitrogen and oxygen atoms in total. The highest BCUT2D eigenvalue weighted by molar-refractivity contribution is 7.09. The van der Waals surface area contributed by atoms with Crippen LogP contribution < -0.4 is 15.8 Å². The number of hydrogen-bond donors (Lipinski definition) is 2. The van der Waals surface area contributed by atoms with Crippen molar-refractivity contribution in [1.82, 2.24) is 4.98 Å². The van der Waals surface area contributed by atoms with Crippen LogP contribution in [-0.2, 0) is 6.54 Å². The first-order valence-electron chi connectivity index (χ1n) is 5.31. The number of thiazole rings is 1. The molecule has 0 aliphatic carbocycles. The molecule has 0 saturated carbocycles. The van der Waals surface area contributed by atoms with Crippen LogP contribution >= 0.6 is 11.3 Å². The summed E-state index contributed by atoms with van der Waals surface area (Å²) in [7, 11) is 1.58. The molecule has 0 bridgehead atoms. The second-order valence-corrected chi connectivity index (χ2v) is 4.54. The van der Waals surface area contributed by atoms with E-state index in [-0.39, 0.29) is 0 Å². The SMILES string of the molecule is COc1ccc(C(N)=O)cc1NCc1nccs1. The maximum absolute atomic E-state index is 11.1. The van der Waals surface area contributed by atoms with Crippen molar-refractivity contribution in [3.05, 3.63) is 40.3 Å². The molecule has 1 amide bonds. The fourth-order valence-electron chi connectivity index (χ4n) is 1.51. The molecule has 2 aromatic rings. The van der Waals surface area contributed by atoms with Gasteiger partial charge in [-0.2, -0.15) is 0 Å². The van der Waals surface area contributed by atoms with Gasteiger partial charge in [0.05, 0.1) is 19.3 Å². The standard InChI is InChI=1S/C12H13N3O2S/c1-17-10-3-2-8(12(13)16)6-9(10)15-7-11-14-4-5-18-11/h2-6,15H,7H2,1H3,(H2,13,16). The molecular weight excluding hydrogens is 250 g/mol. The first kappa shape index (κ1) is 12.4. The van der Waals surface area contributed by atoms with E-state index >= 15 is 0 Å². The molecular formula is C12H13N3O2S. The van der Waals surface area contributed by atoms with E-state index in [0.29, 0.717) is 17.9 Å². The number of benzene rings is 1. The summed E-state index contributed by atoms with van der Waals surface area (Å²) in [6, 6.07) is 5.02. The average molecular weight is 263 g/mol. The van der Waals surface area contributed by atoms with Crippen molar-refractivity contribution in [1.29, 1.82) is 0 Å². The van der Waals surface area contributed by atoms with Crippen LogP contribution in [0.1, 0.15) is 15.4 Å². The van der Waals surface area contributed by atoms with E-state index in [1.807, 2.05) is 5.38 Å². The van der Waals surface area contributed by atoms with Gasteiger partial charge in [0, 0.05) is 17.1 Å². The van der Waals surface area contributed by atoms with E-state index in [4.69, 9.17) is 10.5 Å². The zero-order chi connectivity index (χ0) is 13.0. The highest BCUT2D eigenvalue weighted by atomic mass is 32.1. The number of anilines is 1. The summed E-state index contributed by atoms with van der Waals surface area (Å²) in [4.78, 5) is 15.3. The van der Waals surface area contributed by atoms with Gasteiger partial charge in [-0.05, 0) is 18.2 Å². The van der Waals surface area contributed by atoms with Gasteiger partial charge in [-0.1, -0.05) is 0 Å². The Morgan fingerprint density at radius 1 is 1.56 bits per heavy atom. The molecule has 0 aliphatic heterocycles. The third-order valence-electron chi connectivity index (χ3n) is 2.40. The molecule has 0 spiro atoms. The number of rotatable bonds is 5. The third-order valence-corrected chi connectivity index (χ3v) is 3.18. The number of hydrogen-bond acceptors (Lipinski definition) is 5. The number of nitrogens with zero attached hydrogens (tertiary/aromatic N) is 1. The highest BCUT2D eigenvalue weighted by Gasteiger charge is 2.07. The molecule has 2 rings (SSSR count). The van der Waals surface area contributed by atoms with Gasteiger partial charge in [0.2, 0.25) is 5.91 Å². The van der Waals surface area contributed by atoms with Gasteiger partial charge in [-0.15, -0.1) is 11.3 Å². The van der Waals surface area contributed by atoms with Crippen LogP contribution in [0.25, 0.3) is 0 Å². The number of nitrogens with two attached hydrogens (primary N) is 1. The lowest BCUT2D eigenvalue weighted by Crippen LogP contribution is -2.11. The second-order valence-electron chi connectivity index (χ2n) is 3.56. The zero-order valence-electron chi connectivity index (χ0n) is 9.84. The van der Waals surface area contributed by atoms with Gasteiger partial charge in [-0.25, -0.2) is 4.98 Å². The number of carbonyl (C=O) groups excluding carboxylic acids is 1. The van der Waals surface area contributed by atoms with Crippen molar-refractivity contribution >= 4 is 22.9 Å². The lowest BCUT2D eigenvalue weighted by molar-refractivity contribution is 0.100. The fourth-order valence-corrected chi connectivity index (χ4v) is 2.07. The van der Waals surface area contributed by atoms with Gasteiger partial charge in [0.25, 0.3) is 0 Å². The lowest BCUT2D eigenvalue weighted by atomic mass is 10.1. The van der Waals surface area contributed by atoms with Crippen molar-refractivity contribution in [2.24, 2.45) is 5.73 Å². The Balaban J connectivity index is 2.18. The highest BCUT2D eigenvalue weighted by Crippen LogP contribution is 2.26. The van der Waals surface area contributed by atoms with E-state index in [1.54, 1.807) is 42.8 Å². The minimum Gasteiger partial charge on any atom is -0.495 e. The molecule has 1 aromatic carbocycles. The molecule has 0 radical (unpaired) electrons. The van der Waals surface area contributed by atoms with Crippen molar-refractivity contribution < 1.29 is 9.53 Å². The number of nitrogens with one attached hydrogen (secondary N) is 1. The minimum absolute atomic E-state index is 0.442.